The van der Waals surface area contributed by atoms with Crippen molar-refractivity contribution in [1.29, 1.82) is 0 Å². The first-order chi connectivity index (χ1) is 14.7. The third-order valence-corrected chi connectivity index (χ3v) is 5.84. The highest BCUT2D eigenvalue weighted by Gasteiger charge is 2.27. The van der Waals surface area contributed by atoms with Gasteiger partial charge in [0.1, 0.15) is 11.8 Å². The number of benzene rings is 3. The van der Waals surface area contributed by atoms with Crippen molar-refractivity contribution in [1.82, 2.24) is 4.90 Å². The van der Waals surface area contributed by atoms with Gasteiger partial charge >= 0.3 is 0 Å². The lowest BCUT2D eigenvalue weighted by molar-refractivity contribution is -0.118. The van der Waals surface area contributed by atoms with E-state index in [9.17, 15) is 9.59 Å². The Morgan fingerprint density at radius 1 is 0.933 bits per heavy atom. The zero-order valence-electron chi connectivity index (χ0n) is 16.5. The summed E-state index contributed by atoms with van der Waals surface area (Å²) in [5, 5.41) is 5.27. The van der Waals surface area contributed by atoms with Crippen molar-refractivity contribution in [3.05, 3.63) is 66.2 Å². The lowest BCUT2D eigenvalue weighted by Gasteiger charge is -2.38. The van der Waals surface area contributed by atoms with Gasteiger partial charge in [0.15, 0.2) is 6.61 Å². The van der Waals surface area contributed by atoms with Crippen molar-refractivity contribution >= 4 is 34.3 Å². The fraction of sp³-hybridized carbons (Fsp3) is 0.250. The topological polar surface area (TPSA) is 61.9 Å². The summed E-state index contributed by atoms with van der Waals surface area (Å²) in [6.07, 6.45) is 2.19. The van der Waals surface area contributed by atoms with Crippen LogP contribution in [0.2, 0.25) is 0 Å². The molecule has 0 spiro atoms. The number of nitrogens with one attached hydrogen (secondary N) is 1. The molecule has 1 atom stereocenters. The van der Waals surface area contributed by atoms with Gasteiger partial charge in [-0.3, -0.25) is 14.5 Å². The Hall–Kier alpha value is -3.38. The molecule has 0 saturated carbocycles. The SMILES string of the molecule is O=[C]C(c1ccc2c(c1)NC(=O)CO2)N1CCN(c2ccc3ccccc3c2)CC1. The van der Waals surface area contributed by atoms with E-state index in [4.69, 9.17) is 4.74 Å². The van der Waals surface area contributed by atoms with Crippen molar-refractivity contribution in [3.63, 3.8) is 0 Å². The van der Waals surface area contributed by atoms with E-state index in [0.29, 0.717) is 11.4 Å². The monoisotopic (exact) mass is 400 g/mol. The third-order valence-electron chi connectivity index (χ3n) is 5.84. The molecular formula is C24H22N3O3. The number of ether oxygens (including phenoxy) is 1. The molecule has 1 saturated heterocycles. The van der Waals surface area contributed by atoms with Crippen LogP contribution in [0.4, 0.5) is 11.4 Å². The summed E-state index contributed by atoms with van der Waals surface area (Å²) in [4.78, 5) is 27.9. The van der Waals surface area contributed by atoms with Crippen LogP contribution < -0.4 is 15.0 Å². The van der Waals surface area contributed by atoms with Crippen LogP contribution in [0.1, 0.15) is 11.6 Å². The van der Waals surface area contributed by atoms with Gasteiger partial charge in [0.05, 0.1) is 5.69 Å². The molecule has 3 aromatic rings. The molecule has 151 valence electrons. The van der Waals surface area contributed by atoms with Crippen molar-refractivity contribution in [3.8, 4) is 5.75 Å². The first-order valence-electron chi connectivity index (χ1n) is 10.1. The number of carbonyl (C=O) groups is 1. The Balaban J connectivity index is 1.30. The molecule has 0 bridgehead atoms. The number of hydrogen-bond acceptors (Lipinski definition) is 5. The van der Waals surface area contributed by atoms with Crippen molar-refractivity contribution in [2.75, 3.05) is 43.0 Å². The van der Waals surface area contributed by atoms with E-state index in [1.54, 1.807) is 6.07 Å². The van der Waals surface area contributed by atoms with E-state index in [-0.39, 0.29) is 12.5 Å². The van der Waals surface area contributed by atoms with E-state index < -0.39 is 6.04 Å². The average Bonchev–Trinajstić information content (AvgIpc) is 2.79. The highest BCUT2D eigenvalue weighted by molar-refractivity contribution is 5.95. The highest BCUT2D eigenvalue weighted by atomic mass is 16.5. The minimum atomic E-state index is -0.465. The molecular weight excluding hydrogens is 378 g/mol. The number of rotatable bonds is 4. The fourth-order valence-corrected chi connectivity index (χ4v) is 4.24. The molecule has 1 amide bonds. The smallest absolute Gasteiger partial charge is 0.262 e. The lowest BCUT2D eigenvalue weighted by atomic mass is 10.0. The van der Waals surface area contributed by atoms with E-state index in [1.807, 2.05) is 12.1 Å². The maximum absolute atomic E-state index is 11.8. The van der Waals surface area contributed by atoms with E-state index in [2.05, 4.69) is 63.9 Å². The number of nitrogens with zero attached hydrogens (tertiary/aromatic N) is 2. The second kappa shape index (κ2) is 7.80. The molecule has 6 nitrogen and oxygen atoms in total. The summed E-state index contributed by atoms with van der Waals surface area (Å²) in [5.41, 5.74) is 2.63. The Kier molecular flexibility index (Phi) is 4.85. The van der Waals surface area contributed by atoms with Gasteiger partial charge in [0.2, 0.25) is 6.29 Å². The summed E-state index contributed by atoms with van der Waals surface area (Å²) >= 11 is 0. The first-order valence-corrected chi connectivity index (χ1v) is 10.1. The quantitative estimate of drug-likeness (QED) is 0.729. The second-order valence-corrected chi connectivity index (χ2v) is 7.67. The standard InChI is InChI=1S/C24H22N3O3/c28-15-22(19-6-8-23-21(14-19)25-24(29)16-30-23)27-11-9-26(10-12-27)20-7-5-17-3-1-2-4-18(17)13-20/h1-8,13-14,22H,9-12,16H2,(H,25,29). The van der Waals surface area contributed by atoms with Gasteiger partial charge in [0, 0.05) is 31.9 Å². The van der Waals surface area contributed by atoms with Gasteiger partial charge in [-0.1, -0.05) is 36.4 Å². The maximum atomic E-state index is 11.8. The minimum absolute atomic E-state index is 0.0202. The van der Waals surface area contributed by atoms with E-state index in [1.165, 1.54) is 16.5 Å². The molecule has 3 aromatic carbocycles. The van der Waals surface area contributed by atoms with Gasteiger partial charge in [0.25, 0.3) is 5.91 Å². The summed E-state index contributed by atoms with van der Waals surface area (Å²) in [5.74, 6) is 0.444. The predicted molar refractivity (Wildman–Crippen MR) is 117 cm³/mol. The summed E-state index contributed by atoms with van der Waals surface area (Å²) in [6.45, 7) is 3.20. The third kappa shape index (κ3) is 3.50. The van der Waals surface area contributed by atoms with Crippen LogP contribution in [0, 0.1) is 0 Å². The highest BCUT2D eigenvalue weighted by Crippen LogP contribution is 2.32. The normalized spacial score (nSPS) is 17.7. The zero-order chi connectivity index (χ0) is 20.5. The number of carbonyl (C=O) groups excluding carboxylic acids is 2. The second-order valence-electron chi connectivity index (χ2n) is 7.67. The molecule has 2 aliphatic heterocycles. The van der Waals surface area contributed by atoms with Crippen molar-refractivity contribution in [2.24, 2.45) is 0 Å². The largest absolute Gasteiger partial charge is 0.482 e. The number of fused-ring (bicyclic) bond motifs is 2. The van der Waals surface area contributed by atoms with Gasteiger partial charge in [-0.25, -0.2) is 0 Å². The van der Waals surface area contributed by atoms with Crippen LogP contribution in [0.15, 0.2) is 60.7 Å². The molecule has 1 fully saturated rings. The van der Waals surface area contributed by atoms with Crippen LogP contribution in [0.25, 0.3) is 10.8 Å². The molecule has 2 aliphatic rings. The van der Waals surface area contributed by atoms with Gasteiger partial charge in [-0.15, -0.1) is 0 Å². The lowest BCUT2D eigenvalue weighted by Crippen LogP contribution is -2.48. The number of piperazine rings is 1. The Labute approximate surface area is 175 Å². The first kappa shape index (κ1) is 18.6. The van der Waals surface area contributed by atoms with Crippen LogP contribution in [0.5, 0.6) is 5.75 Å². The maximum Gasteiger partial charge on any atom is 0.262 e. The predicted octanol–water partition coefficient (Wildman–Crippen LogP) is 3.14. The molecule has 30 heavy (non-hydrogen) atoms. The molecule has 5 rings (SSSR count). The molecule has 0 aliphatic carbocycles. The van der Waals surface area contributed by atoms with Crippen LogP contribution in [0.3, 0.4) is 0 Å². The van der Waals surface area contributed by atoms with Crippen molar-refractivity contribution < 1.29 is 14.3 Å². The number of anilines is 2. The summed E-state index contributed by atoms with van der Waals surface area (Å²) in [6, 6.07) is 19.9. The number of hydrogen-bond donors (Lipinski definition) is 1. The minimum Gasteiger partial charge on any atom is -0.482 e. The summed E-state index contributed by atoms with van der Waals surface area (Å²) < 4.78 is 5.41. The summed E-state index contributed by atoms with van der Waals surface area (Å²) in [7, 11) is 0. The molecule has 6 heteroatoms. The van der Waals surface area contributed by atoms with E-state index in [0.717, 1.165) is 31.7 Å². The Morgan fingerprint density at radius 2 is 1.73 bits per heavy atom. The van der Waals surface area contributed by atoms with E-state index >= 15 is 0 Å². The van der Waals surface area contributed by atoms with Crippen molar-refractivity contribution in [2.45, 2.75) is 6.04 Å². The van der Waals surface area contributed by atoms with Crippen LogP contribution in [-0.2, 0) is 9.59 Å². The Morgan fingerprint density at radius 3 is 2.53 bits per heavy atom. The average molecular weight is 400 g/mol. The molecule has 1 N–H and O–H groups in total. The Bertz CT molecular complexity index is 1110. The zero-order valence-corrected chi connectivity index (χ0v) is 16.5. The molecule has 1 radical (unpaired) electrons. The number of amides is 1. The van der Waals surface area contributed by atoms with Crippen LogP contribution in [-0.4, -0.2) is 49.9 Å². The molecule has 0 aromatic heterocycles. The van der Waals surface area contributed by atoms with Crippen LogP contribution >= 0.6 is 0 Å². The molecule has 1 unspecified atom stereocenters. The fourth-order valence-electron chi connectivity index (χ4n) is 4.24. The molecule has 2 heterocycles. The van der Waals surface area contributed by atoms with Gasteiger partial charge in [-0.05, 0) is 40.6 Å². The van der Waals surface area contributed by atoms with Gasteiger partial charge in [-0.2, -0.15) is 0 Å². The van der Waals surface area contributed by atoms with Gasteiger partial charge < -0.3 is 15.0 Å².